The number of sulfonamides is 1. The van der Waals surface area contributed by atoms with Crippen molar-refractivity contribution >= 4 is 44.4 Å². The van der Waals surface area contributed by atoms with Gasteiger partial charge in [-0.25, -0.2) is 18.0 Å². The van der Waals surface area contributed by atoms with Crippen LogP contribution in [-0.2, 0) is 16.4 Å². The zero-order chi connectivity index (χ0) is 24.2. The molecule has 0 fully saturated rings. The molecule has 3 aromatic rings. The summed E-state index contributed by atoms with van der Waals surface area (Å²) in [5.74, 6) is 0.461. The molecule has 0 saturated carbocycles. The second kappa shape index (κ2) is 10.3. The number of benzene rings is 2. The van der Waals surface area contributed by atoms with Gasteiger partial charge in [0.1, 0.15) is 11.3 Å². The van der Waals surface area contributed by atoms with Gasteiger partial charge in [0.05, 0.1) is 5.75 Å². The third kappa shape index (κ3) is 6.27. The number of amides is 1. The highest BCUT2D eigenvalue weighted by atomic mass is 35.5. The Morgan fingerprint density at radius 3 is 2.64 bits per heavy atom. The number of carbonyl (C=O) groups is 1. The van der Waals surface area contributed by atoms with E-state index in [-0.39, 0.29) is 23.8 Å². The fourth-order valence-corrected chi connectivity index (χ4v) is 4.66. The third-order valence-corrected chi connectivity index (χ3v) is 6.60. The van der Waals surface area contributed by atoms with Crippen molar-refractivity contribution < 1.29 is 22.4 Å². The Balaban J connectivity index is 1.88. The van der Waals surface area contributed by atoms with E-state index in [0.29, 0.717) is 28.6 Å². The van der Waals surface area contributed by atoms with Crippen molar-refractivity contribution in [1.82, 2.24) is 4.90 Å². The van der Waals surface area contributed by atoms with Gasteiger partial charge < -0.3 is 14.1 Å². The van der Waals surface area contributed by atoms with E-state index in [1.54, 1.807) is 44.4 Å². The Labute approximate surface area is 197 Å². The normalized spacial score (nSPS) is 11.4. The first-order chi connectivity index (χ1) is 15.6. The molecule has 1 amide bonds. The number of ether oxygens (including phenoxy) is 1. The standard InChI is InChI=1S/C23H25ClN2O6S/c1-15-19-9-8-18(31-23(28)26(2)3)14-21(19)32-22(27)20(15)13-16-6-4-7-17(12-16)25-33(29,30)11-5-10-24/h4,6-9,12,14,25H,5,10-11,13H2,1-3H3. The molecule has 1 N–H and O–H groups in total. The van der Waals surface area contributed by atoms with Crippen LogP contribution >= 0.6 is 11.6 Å². The van der Waals surface area contributed by atoms with Crippen molar-refractivity contribution in [2.45, 2.75) is 19.8 Å². The van der Waals surface area contributed by atoms with Gasteiger partial charge in [-0.3, -0.25) is 4.72 Å². The lowest BCUT2D eigenvalue weighted by atomic mass is 9.99. The highest BCUT2D eigenvalue weighted by Gasteiger charge is 2.15. The summed E-state index contributed by atoms with van der Waals surface area (Å²) < 4.78 is 37.6. The Morgan fingerprint density at radius 2 is 1.94 bits per heavy atom. The number of nitrogens with zero attached hydrogens (tertiary/aromatic N) is 1. The number of carbonyl (C=O) groups excluding carboxylic acids is 1. The number of alkyl halides is 1. The van der Waals surface area contributed by atoms with E-state index in [4.69, 9.17) is 20.8 Å². The Kier molecular flexibility index (Phi) is 7.65. The maximum Gasteiger partial charge on any atom is 0.414 e. The molecule has 3 rings (SSSR count). The van der Waals surface area contributed by atoms with Gasteiger partial charge in [-0.15, -0.1) is 11.6 Å². The van der Waals surface area contributed by atoms with E-state index in [9.17, 15) is 18.0 Å². The van der Waals surface area contributed by atoms with Gasteiger partial charge in [-0.05, 0) is 48.7 Å². The summed E-state index contributed by atoms with van der Waals surface area (Å²) in [6, 6.07) is 11.7. The van der Waals surface area contributed by atoms with Crippen LogP contribution in [0.5, 0.6) is 5.75 Å². The van der Waals surface area contributed by atoms with Gasteiger partial charge in [0, 0.05) is 49.1 Å². The zero-order valence-electron chi connectivity index (χ0n) is 18.6. The maximum absolute atomic E-state index is 12.7. The second-order valence-corrected chi connectivity index (χ2v) is 9.97. The number of rotatable bonds is 8. The third-order valence-electron chi connectivity index (χ3n) is 4.96. The number of anilines is 1. The lowest BCUT2D eigenvalue weighted by Crippen LogP contribution is -2.25. The minimum absolute atomic E-state index is 0.0695. The fourth-order valence-electron chi connectivity index (χ4n) is 3.26. The molecular weight excluding hydrogens is 468 g/mol. The first-order valence-corrected chi connectivity index (χ1v) is 12.4. The SMILES string of the molecule is Cc1c(Cc2cccc(NS(=O)(=O)CCCCl)c2)c(=O)oc2cc(OC(=O)N(C)C)ccc12. The lowest BCUT2D eigenvalue weighted by Gasteiger charge is -2.12. The van der Waals surface area contributed by atoms with Crippen LogP contribution in [0.2, 0.25) is 0 Å². The molecule has 1 aromatic heterocycles. The molecule has 0 spiro atoms. The van der Waals surface area contributed by atoms with Crippen molar-refractivity contribution in [2.75, 3.05) is 30.5 Å². The van der Waals surface area contributed by atoms with Gasteiger partial charge in [-0.1, -0.05) is 12.1 Å². The molecule has 2 aromatic carbocycles. The fraction of sp³-hybridized carbons (Fsp3) is 0.304. The minimum atomic E-state index is -3.50. The molecule has 0 bridgehead atoms. The van der Waals surface area contributed by atoms with Gasteiger partial charge in [0.15, 0.2) is 0 Å². The quantitative estimate of drug-likeness (QED) is 0.374. The zero-order valence-corrected chi connectivity index (χ0v) is 20.1. The first kappa shape index (κ1) is 24.6. The largest absolute Gasteiger partial charge is 0.422 e. The average molecular weight is 493 g/mol. The number of hydrogen-bond acceptors (Lipinski definition) is 6. The molecule has 0 aliphatic heterocycles. The Hall–Kier alpha value is -3.04. The predicted octanol–water partition coefficient (Wildman–Crippen LogP) is 4.12. The highest BCUT2D eigenvalue weighted by Crippen LogP contribution is 2.26. The molecule has 33 heavy (non-hydrogen) atoms. The molecule has 0 atom stereocenters. The molecule has 0 aliphatic carbocycles. The summed E-state index contributed by atoms with van der Waals surface area (Å²) in [5.41, 5.74) is 2.16. The highest BCUT2D eigenvalue weighted by molar-refractivity contribution is 7.92. The van der Waals surface area contributed by atoms with Crippen molar-refractivity contribution in [3.63, 3.8) is 0 Å². The molecule has 1 heterocycles. The Bertz CT molecular complexity index is 1330. The summed E-state index contributed by atoms with van der Waals surface area (Å²) in [6.45, 7) is 1.82. The minimum Gasteiger partial charge on any atom is -0.422 e. The van der Waals surface area contributed by atoms with Gasteiger partial charge in [-0.2, -0.15) is 0 Å². The van der Waals surface area contributed by atoms with E-state index >= 15 is 0 Å². The topological polar surface area (TPSA) is 106 Å². The number of hydrogen-bond donors (Lipinski definition) is 1. The first-order valence-electron chi connectivity index (χ1n) is 10.2. The lowest BCUT2D eigenvalue weighted by molar-refractivity contribution is 0.172. The molecule has 8 nitrogen and oxygen atoms in total. The molecule has 0 unspecified atom stereocenters. The van der Waals surface area contributed by atoms with Crippen LogP contribution in [0, 0.1) is 6.92 Å². The van der Waals surface area contributed by atoms with Crippen LogP contribution in [0.4, 0.5) is 10.5 Å². The molecule has 0 saturated heterocycles. The van der Waals surface area contributed by atoms with Crippen LogP contribution in [0.3, 0.4) is 0 Å². The summed E-state index contributed by atoms with van der Waals surface area (Å²) in [7, 11) is -0.365. The summed E-state index contributed by atoms with van der Waals surface area (Å²) >= 11 is 5.59. The summed E-state index contributed by atoms with van der Waals surface area (Å²) in [4.78, 5) is 25.8. The van der Waals surface area contributed by atoms with Crippen LogP contribution < -0.4 is 15.1 Å². The van der Waals surface area contributed by atoms with Crippen molar-refractivity contribution in [3.05, 3.63) is 69.6 Å². The monoisotopic (exact) mass is 492 g/mol. The number of nitrogens with one attached hydrogen (secondary N) is 1. The summed E-state index contributed by atoms with van der Waals surface area (Å²) in [6.07, 6.45) is 0.0751. The van der Waals surface area contributed by atoms with Crippen LogP contribution in [0.15, 0.2) is 51.7 Å². The summed E-state index contributed by atoms with van der Waals surface area (Å²) in [5, 5.41) is 0.715. The average Bonchev–Trinajstić information content (AvgIpc) is 2.75. The van der Waals surface area contributed by atoms with Gasteiger partial charge in [0.25, 0.3) is 0 Å². The van der Waals surface area contributed by atoms with Crippen molar-refractivity contribution in [1.29, 1.82) is 0 Å². The van der Waals surface area contributed by atoms with E-state index in [2.05, 4.69) is 4.72 Å². The molecule has 176 valence electrons. The number of fused-ring (bicyclic) bond motifs is 1. The number of halogens is 1. The predicted molar refractivity (Wildman–Crippen MR) is 129 cm³/mol. The van der Waals surface area contributed by atoms with Gasteiger partial charge >= 0.3 is 11.7 Å². The maximum atomic E-state index is 12.7. The smallest absolute Gasteiger partial charge is 0.414 e. The molecular formula is C23H25ClN2O6S. The Morgan fingerprint density at radius 1 is 1.18 bits per heavy atom. The van der Waals surface area contributed by atoms with Crippen LogP contribution in [0.1, 0.15) is 23.1 Å². The van der Waals surface area contributed by atoms with Gasteiger partial charge in [0.2, 0.25) is 10.0 Å². The molecule has 0 radical (unpaired) electrons. The molecule has 0 aliphatic rings. The molecule has 10 heteroatoms. The van der Waals surface area contributed by atoms with E-state index in [1.807, 2.05) is 13.0 Å². The number of aryl methyl sites for hydroxylation is 1. The van der Waals surface area contributed by atoms with Crippen LogP contribution in [-0.4, -0.2) is 45.1 Å². The van der Waals surface area contributed by atoms with E-state index in [1.165, 1.54) is 11.0 Å². The van der Waals surface area contributed by atoms with E-state index < -0.39 is 21.7 Å². The second-order valence-electron chi connectivity index (χ2n) is 7.75. The van der Waals surface area contributed by atoms with Crippen molar-refractivity contribution in [3.8, 4) is 5.75 Å². The van der Waals surface area contributed by atoms with E-state index in [0.717, 1.165) is 11.1 Å². The van der Waals surface area contributed by atoms with Crippen molar-refractivity contribution in [2.24, 2.45) is 0 Å². The van der Waals surface area contributed by atoms with Crippen LogP contribution in [0.25, 0.3) is 11.0 Å².